The molecule has 1 saturated carbocycles. The van der Waals surface area contributed by atoms with Crippen LogP contribution >= 0.6 is 0 Å². The van der Waals surface area contributed by atoms with Crippen LogP contribution in [0.5, 0.6) is 0 Å². The van der Waals surface area contributed by atoms with Crippen LogP contribution in [0.15, 0.2) is 11.1 Å². The first-order chi connectivity index (χ1) is 5.36. The zero-order chi connectivity index (χ0) is 7.68. The van der Waals surface area contributed by atoms with Crippen molar-refractivity contribution in [1.82, 2.24) is 0 Å². The van der Waals surface area contributed by atoms with E-state index in [1.165, 1.54) is 0 Å². The summed E-state index contributed by atoms with van der Waals surface area (Å²) < 4.78 is 5.28. The lowest BCUT2D eigenvalue weighted by Gasteiger charge is -2.30. The summed E-state index contributed by atoms with van der Waals surface area (Å²) in [6, 6.07) is 0.459. The van der Waals surface area contributed by atoms with Crippen LogP contribution in [0.4, 0.5) is 0 Å². The van der Waals surface area contributed by atoms with E-state index in [1.54, 1.807) is 11.1 Å². The van der Waals surface area contributed by atoms with E-state index in [9.17, 15) is 0 Å². The van der Waals surface area contributed by atoms with Gasteiger partial charge in [-0.05, 0) is 25.7 Å². The smallest absolute Gasteiger partial charge is 0.0503 e. The summed E-state index contributed by atoms with van der Waals surface area (Å²) in [4.78, 5) is 0. The van der Waals surface area contributed by atoms with E-state index in [-0.39, 0.29) is 0 Å². The number of rotatable bonds is 0. The summed E-state index contributed by atoms with van der Waals surface area (Å²) in [6.07, 6.45) is 4.61. The maximum Gasteiger partial charge on any atom is 0.0503 e. The number of hydrogen-bond donors (Lipinski definition) is 1. The monoisotopic (exact) mass is 153 g/mol. The highest BCUT2D eigenvalue weighted by Crippen LogP contribution is 2.32. The summed E-state index contributed by atoms with van der Waals surface area (Å²) in [5.74, 6) is 0. The van der Waals surface area contributed by atoms with Crippen molar-refractivity contribution in [3.8, 4) is 0 Å². The second kappa shape index (κ2) is 2.95. The van der Waals surface area contributed by atoms with E-state index < -0.39 is 0 Å². The van der Waals surface area contributed by atoms with E-state index >= 15 is 0 Å². The van der Waals surface area contributed by atoms with Crippen molar-refractivity contribution >= 4 is 0 Å². The van der Waals surface area contributed by atoms with Crippen LogP contribution < -0.4 is 5.73 Å². The topological polar surface area (TPSA) is 35.2 Å². The zero-order valence-electron chi connectivity index (χ0n) is 6.81. The van der Waals surface area contributed by atoms with Crippen LogP contribution in [-0.4, -0.2) is 19.3 Å². The van der Waals surface area contributed by atoms with Gasteiger partial charge in [0, 0.05) is 6.04 Å². The third kappa shape index (κ3) is 1.47. The van der Waals surface area contributed by atoms with Gasteiger partial charge in [0.15, 0.2) is 0 Å². The van der Waals surface area contributed by atoms with Gasteiger partial charge in [0.25, 0.3) is 0 Å². The number of hydrogen-bond acceptors (Lipinski definition) is 2. The Kier molecular flexibility index (Phi) is 1.96. The minimum atomic E-state index is 0.459. The molecule has 0 radical (unpaired) electrons. The molecule has 0 spiro atoms. The second-order valence-electron chi connectivity index (χ2n) is 3.49. The molecule has 0 bridgehead atoms. The highest BCUT2D eigenvalue weighted by molar-refractivity contribution is 5.24. The molecule has 1 aliphatic carbocycles. The van der Waals surface area contributed by atoms with Gasteiger partial charge in [-0.1, -0.05) is 11.1 Å². The van der Waals surface area contributed by atoms with Gasteiger partial charge in [0.05, 0.1) is 13.2 Å². The molecule has 2 heteroatoms. The van der Waals surface area contributed by atoms with Gasteiger partial charge in [-0.25, -0.2) is 0 Å². The molecule has 0 aromatic rings. The molecular weight excluding hydrogens is 138 g/mol. The largest absolute Gasteiger partial charge is 0.381 e. The van der Waals surface area contributed by atoms with Crippen molar-refractivity contribution in [1.29, 1.82) is 0 Å². The molecule has 1 saturated heterocycles. The van der Waals surface area contributed by atoms with Gasteiger partial charge in [-0.2, -0.15) is 0 Å². The molecule has 1 heterocycles. The van der Waals surface area contributed by atoms with Crippen molar-refractivity contribution in [3.05, 3.63) is 11.1 Å². The number of ether oxygens (including phenoxy) is 1. The summed E-state index contributed by atoms with van der Waals surface area (Å²) in [5, 5.41) is 0. The van der Waals surface area contributed by atoms with Crippen LogP contribution in [0.2, 0.25) is 0 Å². The molecule has 2 nitrogen and oxygen atoms in total. The first-order valence-corrected chi connectivity index (χ1v) is 4.39. The van der Waals surface area contributed by atoms with Gasteiger partial charge < -0.3 is 10.5 Å². The van der Waals surface area contributed by atoms with Crippen molar-refractivity contribution in [3.63, 3.8) is 0 Å². The molecule has 0 atom stereocenters. The molecule has 0 aromatic carbocycles. The lowest BCUT2D eigenvalue weighted by molar-refractivity contribution is 0.117. The van der Waals surface area contributed by atoms with Crippen LogP contribution in [0, 0.1) is 0 Å². The Morgan fingerprint density at radius 3 is 2.27 bits per heavy atom. The molecule has 0 aromatic heterocycles. The molecule has 2 N–H and O–H groups in total. The third-order valence-corrected chi connectivity index (χ3v) is 2.61. The van der Waals surface area contributed by atoms with Gasteiger partial charge in [0.1, 0.15) is 0 Å². The standard InChI is InChI=1S/C9H15NO/c10-9-5-8(6-9)7-1-3-11-4-2-7/h9H,1-6,10H2. The maximum absolute atomic E-state index is 5.71. The van der Waals surface area contributed by atoms with Crippen molar-refractivity contribution < 1.29 is 4.74 Å². The highest BCUT2D eigenvalue weighted by Gasteiger charge is 2.22. The van der Waals surface area contributed by atoms with Crippen molar-refractivity contribution in [2.75, 3.05) is 13.2 Å². The highest BCUT2D eigenvalue weighted by atomic mass is 16.5. The lowest BCUT2D eigenvalue weighted by atomic mass is 9.81. The molecular formula is C9H15NO. The molecule has 0 unspecified atom stereocenters. The Morgan fingerprint density at radius 2 is 1.73 bits per heavy atom. The number of nitrogens with two attached hydrogens (primary N) is 1. The minimum absolute atomic E-state index is 0.459. The Bertz CT molecular complexity index is 170. The average molecular weight is 153 g/mol. The fraction of sp³-hybridized carbons (Fsp3) is 0.778. The summed E-state index contributed by atoms with van der Waals surface area (Å²) in [7, 11) is 0. The fourth-order valence-electron chi connectivity index (χ4n) is 1.83. The molecule has 2 aliphatic rings. The Labute approximate surface area is 67.4 Å². The summed E-state index contributed by atoms with van der Waals surface area (Å²) in [5.41, 5.74) is 8.97. The SMILES string of the molecule is NC1CC(=C2CCOCC2)C1. The summed E-state index contributed by atoms with van der Waals surface area (Å²) in [6.45, 7) is 1.85. The van der Waals surface area contributed by atoms with Crippen molar-refractivity contribution in [2.45, 2.75) is 31.7 Å². The lowest BCUT2D eigenvalue weighted by Crippen LogP contribution is -2.31. The van der Waals surface area contributed by atoms with Gasteiger partial charge in [-0.3, -0.25) is 0 Å². The second-order valence-corrected chi connectivity index (χ2v) is 3.49. The van der Waals surface area contributed by atoms with E-state index in [4.69, 9.17) is 10.5 Å². The average Bonchev–Trinajstić information content (AvgIpc) is 2.01. The zero-order valence-corrected chi connectivity index (χ0v) is 6.81. The first-order valence-electron chi connectivity index (χ1n) is 4.39. The van der Waals surface area contributed by atoms with E-state index in [0.29, 0.717) is 6.04 Å². The normalized spacial score (nSPS) is 31.9. The fourth-order valence-corrected chi connectivity index (χ4v) is 1.83. The minimum Gasteiger partial charge on any atom is -0.381 e. The van der Waals surface area contributed by atoms with Gasteiger partial charge in [0.2, 0.25) is 0 Å². The molecule has 2 fully saturated rings. The quantitative estimate of drug-likeness (QED) is 0.531. The Hall–Kier alpha value is -0.340. The predicted octanol–water partition coefficient (Wildman–Crippen LogP) is 1.21. The predicted molar refractivity (Wildman–Crippen MR) is 44.3 cm³/mol. The molecule has 0 amide bonds. The molecule has 2 rings (SSSR count). The van der Waals surface area contributed by atoms with Crippen LogP contribution in [0.1, 0.15) is 25.7 Å². The van der Waals surface area contributed by atoms with Crippen LogP contribution in [-0.2, 0) is 4.74 Å². The summed E-state index contributed by atoms with van der Waals surface area (Å²) >= 11 is 0. The first kappa shape index (κ1) is 7.32. The van der Waals surface area contributed by atoms with E-state index in [2.05, 4.69) is 0 Å². The van der Waals surface area contributed by atoms with Crippen LogP contribution in [0.3, 0.4) is 0 Å². The van der Waals surface area contributed by atoms with Gasteiger partial charge in [-0.15, -0.1) is 0 Å². The molecule has 1 aliphatic heterocycles. The van der Waals surface area contributed by atoms with Crippen molar-refractivity contribution in [2.24, 2.45) is 5.73 Å². The Balaban J connectivity index is 1.96. The Morgan fingerprint density at radius 1 is 1.09 bits per heavy atom. The van der Waals surface area contributed by atoms with Gasteiger partial charge >= 0.3 is 0 Å². The molecule has 62 valence electrons. The van der Waals surface area contributed by atoms with E-state index in [1.807, 2.05) is 0 Å². The van der Waals surface area contributed by atoms with E-state index in [0.717, 1.165) is 38.9 Å². The maximum atomic E-state index is 5.71. The molecule has 11 heavy (non-hydrogen) atoms. The van der Waals surface area contributed by atoms with Crippen LogP contribution in [0.25, 0.3) is 0 Å². The third-order valence-electron chi connectivity index (χ3n) is 2.61.